The highest BCUT2D eigenvalue weighted by molar-refractivity contribution is 9.10. The van der Waals surface area contributed by atoms with Crippen molar-refractivity contribution in [3.05, 3.63) is 82.1 Å². The first-order valence-electron chi connectivity index (χ1n) is 9.80. The van der Waals surface area contributed by atoms with E-state index in [0.29, 0.717) is 28.4 Å². The van der Waals surface area contributed by atoms with Crippen molar-refractivity contribution in [1.82, 2.24) is 4.98 Å². The molecule has 5 nitrogen and oxygen atoms in total. The van der Waals surface area contributed by atoms with Gasteiger partial charge in [0.05, 0.1) is 33.6 Å². The number of amides is 1. The number of ether oxygens (including phenoxy) is 2. The van der Waals surface area contributed by atoms with Crippen molar-refractivity contribution in [3.63, 3.8) is 0 Å². The zero-order chi connectivity index (χ0) is 21.7. The van der Waals surface area contributed by atoms with E-state index in [-0.39, 0.29) is 18.1 Å². The molecule has 3 rings (SSSR count). The van der Waals surface area contributed by atoms with Crippen LogP contribution in [-0.2, 0) is 4.74 Å². The van der Waals surface area contributed by atoms with Crippen molar-refractivity contribution in [2.45, 2.75) is 39.9 Å². The van der Waals surface area contributed by atoms with Crippen LogP contribution in [0.5, 0.6) is 11.5 Å². The van der Waals surface area contributed by atoms with Crippen LogP contribution in [0.15, 0.2) is 65.1 Å². The van der Waals surface area contributed by atoms with E-state index >= 15 is 0 Å². The molecule has 6 heteroatoms. The quantitative estimate of drug-likeness (QED) is 0.419. The van der Waals surface area contributed by atoms with E-state index in [1.54, 1.807) is 12.1 Å². The minimum Gasteiger partial charge on any atom is -0.456 e. The molecule has 0 fully saturated rings. The third-order valence-corrected chi connectivity index (χ3v) is 5.06. The van der Waals surface area contributed by atoms with Crippen molar-refractivity contribution in [2.75, 3.05) is 5.32 Å². The Kier molecular flexibility index (Phi) is 7.24. The van der Waals surface area contributed by atoms with Gasteiger partial charge in [0.2, 0.25) is 0 Å². The predicted octanol–water partition coefficient (Wildman–Crippen LogP) is 6.68. The molecule has 1 N–H and O–H groups in total. The molecule has 156 valence electrons. The lowest BCUT2D eigenvalue weighted by Gasteiger charge is -2.17. The molecular formula is C24H25BrN2O3. The molecule has 1 aromatic heterocycles. The molecule has 0 bridgehead atoms. The number of halogens is 1. The number of para-hydroxylation sites is 1. The molecule has 0 saturated heterocycles. The van der Waals surface area contributed by atoms with Crippen molar-refractivity contribution in [2.24, 2.45) is 0 Å². The second-order valence-electron chi connectivity index (χ2n) is 7.21. The number of hydrogen-bond acceptors (Lipinski definition) is 4. The second-order valence-corrected chi connectivity index (χ2v) is 8.06. The molecule has 1 unspecified atom stereocenters. The summed E-state index contributed by atoms with van der Waals surface area (Å²) in [5, 5.41) is 2.92. The number of carbonyl (C=O) groups is 1. The van der Waals surface area contributed by atoms with Gasteiger partial charge in [0.25, 0.3) is 5.91 Å². The minimum atomic E-state index is -0.220. The molecule has 1 heterocycles. The molecule has 0 spiro atoms. The lowest BCUT2D eigenvalue weighted by Crippen LogP contribution is -2.16. The standard InChI is InChI=1S/C24H25BrN2O3/c1-15(2)29-17(4)22-13-12-20(16(3)26-22)24(28)27-18-8-7-9-19(14-18)30-23-11-6-5-10-21(23)25/h5-15,17H,1-4H3,(H,27,28). The van der Waals surface area contributed by atoms with Gasteiger partial charge in [-0.1, -0.05) is 18.2 Å². The summed E-state index contributed by atoms with van der Waals surface area (Å²) in [7, 11) is 0. The number of aryl methyl sites for hydroxylation is 1. The molecule has 0 aliphatic heterocycles. The van der Waals surface area contributed by atoms with Crippen LogP contribution in [0.4, 0.5) is 5.69 Å². The van der Waals surface area contributed by atoms with E-state index in [4.69, 9.17) is 9.47 Å². The highest BCUT2D eigenvalue weighted by Gasteiger charge is 2.15. The fraction of sp³-hybridized carbons (Fsp3) is 0.250. The normalized spacial score (nSPS) is 11.9. The number of pyridine rings is 1. The Bertz CT molecular complexity index is 1040. The Morgan fingerprint density at radius 3 is 2.50 bits per heavy atom. The number of carbonyl (C=O) groups excluding carboxylic acids is 1. The van der Waals surface area contributed by atoms with Gasteiger partial charge in [-0.15, -0.1) is 0 Å². The molecule has 0 radical (unpaired) electrons. The molecule has 2 aromatic carbocycles. The zero-order valence-electron chi connectivity index (χ0n) is 17.5. The lowest BCUT2D eigenvalue weighted by molar-refractivity contribution is 0.0154. The molecule has 1 atom stereocenters. The van der Waals surface area contributed by atoms with E-state index in [1.807, 2.05) is 76.2 Å². The van der Waals surface area contributed by atoms with Gasteiger partial charge < -0.3 is 14.8 Å². The van der Waals surface area contributed by atoms with E-state index in [2.05, 4.69) is 26.2 Å². The maximum atomic E-state index is 12.8. The van der Waals surface area contributed by atoms with Crippen LogP contribution in [0.2, 0.25) is 0 Å². The van der Waals surface area contributed by atoms with Crippen LogP contribution >= 0.6 is 15.9 Å². The smallest absolute Gasteiger partial charge is 0.257 e. The topological polar surface area (TPSA) is 60.5 Å². The molecule has 0 aliphatic rings. The average molecular weight is 469 g/mol. The molecule has 0 aliphatic carbocycles. The Morgan fingerprint density at radius 2 is 1.80 bits per heavy atom. The third kappa shape index (κ3) is 5.68. The highest BCUT2D eigenvalue weighted by Crippen LogP contribution is 2.30. The van der Waals surface area contributed by atoms with Gasteiger partial charge in [-0.2, -0.15) is 0 Å². The number of anilines is 1. The predicted molar refractivity (Wildman–Crippen MR) is 122 cm³/mol. The summed E-state index contributed by atoms with van der Waals surface area (Å²) in [4.78, 5) is 17.3. The zero-order valence-corrected chi connectivity index (χ0v) is 19.1. The first-order chi connectivity index (χ1) is 14.3. The van der Waals surface area contributed by atoms with Crippen LogP contribution in [-0.4, -0.2) is 17.0 Å². The monoisotopic (exact) mass is 468 g/mol. The van der Waals surface area contributed by atoms with Gasteiger partial charge in [0.15, 0.2) is 0 Å². The maximum absolute atomic E-state index is 12.8. The van der Waals surface area contributed by atoms with E-state index in [9.17, 15) is 4.79 Å². The van der Waals surface area contributed by atoms with Gasteiger partial charge in [0.1, 0.15) is 11.5 Å². The number of hydrogen-bond donors (Lipinski definition) is 1. The summed E-state index contributed by atoms with van der Waals surface area (Å²) in [5.41, 5.74) is 2.63. The summed E-state index contributed by atoms with van der Waals surface area (Å²) in [5.74, 6) is 1.11. The Morgan fingerprint density at radius 1 is 1.03 bits per heavy atom. The molecule has 1 amide bonds. The molecule has 0 saturated carbocycles. The minimum absolute atomic E-state index is 0.107. The van der Waals surface area contributed by atoms with Gasteiger partial charge in [-0.05, 0) is 80.0 Å². The summed E-state index contributed by atoms with van der Waals surface area (Å²) < 4.78 is 12.5. The Labute approximate surface area is 185 Å². The second kappa shape index (κ2) is 9.87. The average Bonchev–Trinajstić information content (AvgIpc) is 2.69. The van der Waals surface area contributed by atoms with E-state index in [0.717, 1.165) is 10.2 Å². The number of benzene rings is 2. The Hall–Kier alpha value is -2.70. The Balaban J connectivity index is 1.72. The summed E-state index contributed by atoms with van der Waals surface area (Å²) in [6, 6.07) is 18.5. The SMILES string of the molecule is Cc1nc(C(C)OC(C)C)ccc1C(=O)Nc1cccc(Oc2ccccc2Br)c1. The number of rotatable bonds is 7. The fourth-order valence-electron chi connectivity index (χ4n) is 3.02. The van der Waals surface area contributed by atoms with Gasteiger partial charge in [0, 0.05) is 11.8 Å². The molecule has 3 aromatic rings. The first-order valence-corrected chi connectivity index (χ1v) is 10.6. The van der Waals surface area contributed by atoms with Crippen LogP contribution in [0.25, 0.3) is 0 Å². The largest absolute Gasteiger partial charge is 0.456 e. The number of nitrogens with zero attached hydrogens (tertiary/aromatic N) is 1. The first kappa shape index (κ1) is 22.0. The van der Waals surface area contributed by atoms with E-state index in [1.165, 1.54) is 0 Å². The summed E-state index contributed by atoms with van der Waals surface area (Å²) >= 11 is 3.47. The summed E-state index contributed by atoms with van der Waals surface area (Å²) in [6.07, 6.45) is -0.0250. The summed E-state index contributed by atoms with van der Waals surface area (Å²) in [6.45, 7) is 7.75. The maximum Gasteiger partial charge on any atom is 0.257 e. The van der Waals surface area contributed by atoms with E-state index < -0.39 is 0 Å². The van der Waals surface area contributed by atoms with Crippen LogP contribution in [0, 0.1) is 6.92 Å². The molecule has 30 heavy (non-hydrogen) atoms. The van der Waals surface area contributed by atoms with Gasteiger partial charge >= 0.3 is 0 Å². The molecular weight excluding hydrogens is 444 g/mol. The van der Waals surface area contributed by atoms with Crippen molar-refractivity contribution < 1.29 is 14.3 Å². The van der Waals surface area contributed by atoms with Crippen LogP contribution < -0.4 is 10.1 Å². The van der Waals surface area contributed by atoms with Crippen molar-refractivity contribution >= 4 is 27.5 Å². The van der Waals surface area contributed by atoms with Gasteiger partial charge in [-0.25, -0.2) is 0 Å². The lowest BCUT2D eigenvalue weighted by atomic mass is 10.1. The van der Waals surface area contributed by atoms with Crippen LogP contribution in [0.3, 0.4) is 0 Å². The van der Waals surface area contributed by atoms with Crippen LogP contribution in [0.1, 0.15) is 48.6 Å². The van der Waals surface area contributed by atoms with Gasteiger partial charge in [-0.3, -0.25) is 9.78 Å². The number of nitrogens with one attached hydrogen (secondary N) is 1. The number of aromatic nitrogens is 1. The fourth-order valence-corrected chi connectivity index (χ4v) is 3.38. The highest BCUT2D eigenvalue weighted by atomic mass is 79.9. The van der Waals surface area contributed by atoms with Crippen molar-refractivity contribution in [3.8, 4) is 11.5 Å². The third-order valence-electron chi connectivity index (χ3n) is 4.40. The van der Waals surface area contributed by atoms with Crippen molar-refractivity contribution in [1.29, 1.82) is 0 Å².